The Kier molecular flexibility index (Phi) is 3.92. The second-order valence-corrected chi connectivity index (χ2v) is 7.36. The fourth-order valence-corrected chi connectivity index (χ4v) is 3.83. The first-order valence-corrected chi connectivity index (χ1v) is 8.58. The molecular formula is C15H20N2O2S. The lowest BCUT2D eigenvalue weighted by Crippen LogP contribution is -2.33. The molecule has 1 saturated carbocycles. The van der Waals surface area contributed by atoms with Gasteiger partial charge in [0.05, 0.1) is 4.90 Å². The Labute approximate surface area is 120 Å². The fraction of sp³-hybridized carbons (Fsp3) is 0.467. The third-order valence-corrected chi connectivity index (χ3v) is 5.59. The van der Waals surface area contributed by atoms with E-state index in [4.69, 9.17) is 0 Å². The standard InChI is InChI=1S/C15H20N2O2S/c18-20(19,17-9-2-1-3-10-17)15-6-4-5-13(11-15)12-16-14-7-8-14/h1-2,4-6,11,14,16H,3,7-10,12H2. The molecule has 1 N–H and O–H groups in total. The molecule has 1 aliphatic heterocycles. The Balaban J connectivity index is 1.77. The van der Waals surface area contributed by atoms with Crippen molar-refractivity contribution in [2.75, 3.05) is 13.1 Å². The largest absolute Gasteiger partial charge is 0.310 e. The van der Waals surface area contributed by atoms with Gasteiger partial charge >= 0.3 is 0 Å². The maximum atomic E-state index is 12.6. The van der Waals surface area contributed by atoms with Gasteiger partial charge in [-0.25, -0.2) is 8.42 Å². The fourth-order valence-electron chi connectivity index (χ4n) is 2.35. The summed E-state index contributed by atoms with van der Waals surface area (Å²) in [7, 11) is -3.35. The molecule has 5 heteroatoms. The van der Waals surface area contributed by atoms with Crippen molar-refractivity contribution in [3.05, 3.63) is 42.0 Å². The Bertz CT molecular complexity index is 606. The Hall–Kier alpha value is -1.17. The van der Waals surface area contributed by atoms with E-state index in [0.717, 1.165) is 18.5 Å². The summed E-state index contributed by atoms with van der Waals surface area (Å²) in [6, 6.07) is 7.92. The maximum Gasteiger partial charge on any atom is 0.243 e. The van der Waals surface area contributed by atoms with Crippen molar-refractivity contribution in [2.45, 2.75) is 36.7 Å². The summed E-state index contributed by atoms with van der Waals surface area (Å²) in [5.74, 6) is 0. The second kappa shape index (κ2) is 5.68. The van der Waals surface area contributed by atoms with Crippen LogP contribution in [-0.4, -0.2) is 31.9 Å². The molecule has 0 atom stereocenters. The normalized spacial score (nSPS) is 20.2. The van der Waals surface area contributed by atoms with Crippen molar-refractivity contribution >= 4 is 10.0 Å². The van der Waals surface area contributed by atoms with Crippen LogP contribution in [0.5, 0.6) is 0 Å². The van der Waals surface area contributed by atoms with Gasteiger partial charge in [0.2, 0.25) is 10.0 Å². The summed E-state index contributed by atoms with van der Waals surface area (Å²) < 4.78 is 26.7. The summed E-state index contributed by atoms with van der Waals surface area (Å²) in [6.07, 6.45) is 7.21. The minimum absolute atomic E-state index is 0.405. The molecule has 1 heterocycles. The van der Waals surface area contributed by atoms with Crippen LogP contribution < -0.4 is 5.32 Å². The lowest BCUT2D eigenvalue weighted by atomic mass is 10.2. The van der Waals surface area contributed by atoms with Crippen LogP contribution in [-0.2, 0) is 16.6 Å². The summed E-state index contributed by atoms with van der Waals surface area (Å²) in [5, 5.41) is 3.41. The highest BCUT2D eigenvalue weighted by Gasteiger charge is 2.25. The van der Waals surface area contributed by atoms with Gasteiger partial charge in [-0.2, -0.15) is 4.31 Å². The third-order valence-electron chi connectivity index (χ3n) is 3.73. The highest BCUT2D eigenvalue weighted by molar-refractivity contribution is 7.89. The Morgan fingerprint density at radius 3 is 2.80 bits per heavy atom. The van der Waals surface area contributed by atoms with E-state index < -0.39 is 10.0 Å². The zero-order valence-electron chi connectivity index (χ0n) is 11.5. The number of rotatable bonds is 5. The van der Waals surface area contributed by atoms with E-state index in [1.807, 2.05) is 24.3 Å². The van der Waals surface area contributed by atoms with Crippen LogP contribution >= 0.6 is 0 Å². The predicted octanol–water partition coefficient (Wildman–Crippen LogP) is 1.89. The first kappa shape index (κ1) is 13.8. The van der Waals surface area contributed by atoms with E-state index in [1.54, 1.807) is 16.4 Å². The van der Waals surface area contributed by atoms with Gasteiger partial charge in [0.1, 0.15) is 0 Å². The van der Waals surface area contributed by atoms with Gasteiger partial charge in [-0.3, -0.25) is 0 Å². The Morgan fingerprint density at radius 2 is 2.10 bits per heavy atom. The molecule has 0 unspecified atom stereocenters. The number of hydrogen-bond donors (Lipinski definition) is 1. The SMILES string of the molecule is O=S(=O)(c1cccc(CNC2CC2)c1)N1CC=CCC1. The molecule has 0 radical (unpaired) electrons. The van der Waals surface area contributed by atoms with Crippen LogP contribution in [0.1, 0.15) is 24.8 Å². The van der Waals surface area contributed by atoms with Crippen LogP contribution in [0.2, 0.25) is 0 Å². The van der Waals surface area contributed by atoms with Crippen LogP contribution in [0.4, 0.5) is 0 Å². The average Bonchev–Trinajstić information content (AvgIpc) is 3.31. The molecule has 2 aliphatic rings. The van der Waals surface area contributed by atoms with Gasteiger partial charge in [-0.1, -0.05) is 24.3 Å². The van der Waals surface area contributed by atoms with Gasteiger partial charge in [0, 0.05) is 25.7 Å². The summed E-state index contributed by atoms with van der Waals surface area (Å²) in [4.78, 5) is 0.405. The van der Waals surface area contributed by atoms with Crippen LogP contribution in [0.15, 0.2) is 41.3 Å². The molecule has 0 bridgehead atoms. The summed E-state index contributed by atoms with van der Waals surface area (Å²) in [6.45, 7) is 1.80. The molecule has 0 saturated heterocycles. The minimum atomic E-state index is -3.35. The Morgan fingerprint density at radius 1 is 1.25 bits per heavy atom. The van der Waals surface area contributed by atoms with E-state index in [-0.39, 0.29) is 0 Å². The van der Waals surface area contributed by atoms with E-state index in [0.29, 0.717) is 24.0 Å². The van der Waals surface area contributed by atoms with Gasteiger partial charge in [-0.05, 0) is 37.0 Å². The molecular weight excluding hydrogens is 272 g/mol. The first-order chi connectivity index (χ1) is 9.66. The monoisotopic (exact) mass is 292 g/mol. The van der Waals surface area contributed by atoms with Gasteiger partial charge in [0.15, 0.2) is 0 Å². The minimum Gasteiger partial charge on any atom is -0.310 e. The number of nitrogens with one attached hydrogen (secondary N) is 1. The van der Waals surface area contributed by atoms with Crippen LogP contribution in [0.25, 0.3) is 0 Å². The zero-order valence-corrected chi connectivity index (χ0v) is 12.3. The van der Waals surface area contributed by atoms with Crippen molar-refractivity contribution in [2.24, 2.45) is 0 Å². The lowest BCUT2D eigenvalue weighted by molar-refractivity contribution is 0.437. The van der Waals surface area contributed by atoms with Gasteiger partial charge in [0.25, 0.3) is 0 Å². The van der Waals surface area contributed by atoms with E-state index in [9.17, 15) is 8.42 Å². The predicted molar refractivity (Wildman–Crippen MR) is 78.8 cm³/mol. The van der Waals surface area contributed by atoms with E-state index >= 15 is 0 Å². The molecule has 4 nitrogen and oxygen atoms in total. The van der Waals surface area contributed by atoms with Crippen molar-refractivity contribution in [3.63, 3.8) is 0 Å². The van der Waals surface area contributed by atoms with Gasteiger partial charge in [-0.15, -0.1) is 0 Å². The van der Waals surface area contributed by atoms with Crippen molar-refractivity contribution < 1.29 is 8.42 Å². The third kappa shape index (κ3) is 3.11. The molecule has 1 aliphatic carbocycles. The highest BCUT2D eigenvalue weighted by Crippen LogP contribution is 2.21. The van der Waals surface area contributed by atoms with Crippen molar-refractivity contribution in [1.29, 1.82) is 0 Å². The van der Waals surface area contributed by atoms with Crippen LogP contribution in [0, 0.1) is 0 Å². The van der Waals surface area contributed by atoms with Gasteiger partial charge < -0.3 is 5.32 Å². The quantitative estimate of drug-likeness (QED) is 0.843. The van der Waals surface area contributed by atoms with Crippen molar-refractivity contribution in [3.8, 4) is 0 Å². The highest BCUT2D eigenvalue weighted by atomic mass is 32.2. The zero-order chi connectivity index (χ0) is 14.0. The van der Waals surface area contributed by atoms with Crippen LogP contribution in [0.3, 0.4) is 0 Å². The summed E-state index contributed by atoms with van der Waals surface area (Å²) >= 11 is 0. The van der Waals surface area contributed by atoms with Crippen molar-refractivity contribution in [1.82, 2.24) is 9.62 Å². The second-order valence-electron chi connectivity index (χ2n) is 5.43. The maximum absolute atomic E-state index is 12.6. The first-order valence-electron chi connectivity index (χ1n) is 7.14. The van der Waals surface area contributed by atoms with E-state index in [1.165, 1.54) is 12.8 Å². The molecule has 1 fully saturated rings. The number of hydrogen-bond acceptors (Lipinski definition) is 3. The molecule has 108 valence electrons. The smallest absolute Gasteiger partial charge is 0.243 e. The molecule has 1 aromatic carbocycles. The van der Waals surface area contributed by atoms with E-state index in [2.05, 4.69) is 5.32 Å². The number of benzene rings is 1. The molecule has 0 amide bonds. The number of nitrogens with zero attached hydrogens (tertiary/aromatic N) is 1. The molecule has 1 aromatic rings. The lowest BCUT2D eigenvalue weighted by Gasteiger charge is -2.23. The number of sulfonamides is 1. The molecule has 20 heavy (non-hydrogen) atoms. The molecule has 3 rings (SSSR count). The summed E-state index contributed by atoms with van der Waals surface area (Å²) in [5.41, 5.74) is 1.03. The average molecular weight is 292 g/mol. The topological polar surface area (TPSA) is 49.4 Å². The molecule has 0 spiro atoms. The molecule has 0 aromatic heterocycles.